The van der Waals surface area contributed by atoms with Gasteiger partial charge in [-0.05, 0) is 47.0 Å². The molecule has 1 aliphatic heterocycles. The van der Waals surface area contributed by atoms with Crippen molar-refractivity contribution in [2.24, 2.45) is 0 Å². The molecule has 0 atom stereocenters. The number of amides is 2. The van der Waals surface area contributed by atoms with E-state index in [0.29, 0.717) is 12.8 Å². The van der Waals surface area contributed by atoms with Crippen LogP contribution in [0.25, 0.3) is 0 Å². The predicted octanol–water partition coefficient (Wildman–Crippen LogP) is 2.51. The molecule has 106 valence electrons. The van der Waals surface area contributed by atoms with Crippen molar-refractivity contribution in [2.45, 2.75) is 77.5 Å². The molecule has 1 heterocycles. The zero-order valence-electron chi connectivity index (χ0n) is 12.4. The molecule has 1 fully saturated rings. The van der Waals surface area contributed by atoms with Crippen LogP contribution >= 0.6 is 0 Å². The Morgan fingerprint density at radius 1 is 1.28 bits per heavy atom. The Morgan fingerprint density at radius 2 is 1.78 bits per heavy atom. The van der Waals surface area contributed by atoms with E-state index < -0.39 is 0 Å². The molecule has 0 aromatic heterocycles. The number of carbonyl (C=O) groups excluding carboxylic acids is 1. The minimum Gasteiger partial charge on any atom is -0.393 e. The summed E-state index contributed by atoms with van der Waals surface area (Å²) in [6, 6.07) is -0.00894. The summed E-state index contributed by atoms with van der Waals surface area (Å²) in [5.41, 5.74) is -0.616. The van der Waals surface area contributed by atoms with E-state index in [9.17, 15) is 9.90 Å². The van der Waals surface area contributed by atoms with E-state index in [1.165, 1.54) is 0 Å². The summed E-state index contributed by atoms with van der Waals surface area (Å²) in [5.74, 6) is 0. The standard InChI is InChI=1S/C14H28N2O2/c1-6-7-8-15-12(18)16-13(2,3)9-11(17)10-14(16,4)5/h11,17H,6-10H2,1-5H3,(H,15,18). The van der Waals surface area contributed by atoms with Crippen LogP contribution < -0.4 is 5.32 Å². The maximum Gasteiger partial charge on any atom is 0.318 e. The minimum absolute atomic E-state index is 0.00894. The Hall–Kier alpha value is -0.770. The highest BCUT2D eigenvalue weighted by atomic mass is 16.3. The number of nitrogens with zero attached hydrogens (tertiary/aromatic N) is 1. The van der Waals surface area contributed by atoms with E-state index in [0.717, 1.165) is 19.4 Å². The van der Waals surface area contributed by atoms with Crippen LogP contribution in [0, 0.1) is 0 Å². The van der Waals surface area contributed by atoms with Crippen LogP contribution in [0.5, 0.6) is 0 Å². The third-order valence-electron chi connectivity index (χ3n) is 3.69. The average Bonchev–Trinajstić information content (AvgIpc) is 2.12. The molecule has 2 amide bonds. The van der Waals surface area contributed by atoms with Gasteiger partial charge in [-0.25, -0.2) is 4.79 Å². The maximum atomic E-state index is 12.3. The van der Waals surface area contributed by atoms with E-state index in [1.807, 2.05) is 32.6 Å². The number of hydrogen-bond donors (Lipinski definition) is 2. The lowest BCUT2D eigenvalue weighted by Crippen LogP contribution is -2.66. The number of aliphatic hydroxyl groups is 1. The normalized spacial score (nSPS) is 22.9. The molecule has 1 saturated heterocycles. The smallest absolute Gasteiger partial charge is 0.318 e. The van der Waals surface area contributed by atoms with Gasteiger partial charge < -0.3 is 15.3 Å². The Bertz CT molecular complexity index is 282. The molecule has 18 heavy (non-hydrogen) atoms. The summed E-state index contributed by atoms with van der Waals surface area (Å²) in [4.78, 5) is 14.2. The number of likely N-dealkylation sites (tertiary alicyclic amines) is 1. The van der Waals surface area contributed by atoms with Crippen LogP contribution in [0.4, 0.5) is 4.79 Å². The van der Waals surface area contributed by atoms with Crippen molar-refractivity contribution < 1.29 is 9.90 Å². The fraction of sp³-hybridized carbons (Fsp3) is 0.929. The van der Waals surface area contributed by atoms with E-state index in [-0.39, 0.29) is 23.2 Å². The van der Waals surface area contributed by atoms with Gasteiger partial charge in [0.2, 0.25) is 0 Å². The first kappa shape index (κ1) is 15.3. The third kappa shape index (κ3) is 3.37. The minimum atomic E-state index is -0.324. The third-order valence-corrected chi connectivity index (χ3v) is 3.69. The van der Waals surface area contributed by atoms with Crippen LogP contribution in [0.15, 0.2) is 0 Å². The molecule has 0 spiro atoms. The fourth-order valence-corrected chi connectivity index (χ4v) is 3.23. The highest BCUT2D eigenvalue weighted by Crippen LogP contribution is 2.38. The van der Waals surface area contributed by atoms with Gasteiger partial charge in [-0.15, -0.1) is 0 Å². The molecule has 1 aliphatic rings. The van der Waals surface area contributed by atoms with Crippen LogP contribution in [0.1, 0.15) is 60.3 Å². The Kier molecular flexibility index (Phi) is 4.65. The van der Waals surface area contributed by atoms with Gasteiger partial charge in [0.15, 0.2) is 0 Å². The van der Waals surface area contributed by atoms with Crippen LogP contribution in [-0.4, -0.2) is 39.8 Å². The van der Waals surface area contributed by atoms with Gasteiger partial charge in [-0.3, -0.25) is 0 Å². The van der Waals surface area contributed by atoms with Crippen LogP contribution in [0.2, 0.25) is 0 Å². The zero-order valence-corrected chi connectivity index (χ0v) is 12.4. The van der Waals surface area contributed by atoms with Gasteiger partial charge in [0.1, 0.15) is 0 Å². The Balaban J connectivity index is 2.79. The Labute approximate surface area is 111 Å². The van der Waals surface area contributed by atoms with Crippen molar-refractivity contribution in [1.29, 1.82) is 0 Å². The predicted molar refractivity (Wildman–Crippen MR) is 73.5 cm³/mol. The lowest BCUT2D eigenvalue weighted by atomic mass is 9.78. The molecule has 2 N–H and O–H groups in total. The van der Waals surface area contributed by atoms with E-state index >= 15 is 0 Å². The van der Waals surface area contributed by atoms with Gasteiger partial charge in [-0.1, -0.05) is 13.3 Å². The van der Waals surface area contributed by atoms with Gasteiger partial charge in [0.25, 0.3) is 0 Å². The van der Waals surface area contributed by atoms with Crippen molar-refractivity contribution in [2.75, 3.05) is 6.54 Å². The maximum absolute atomic E-state index is 12.3. The van der Waals surface area contributed by atoms with Crippen molar-refractivity contribution in [3.63, 3.8) is 0 Å². The number of urea groups is 1. The SMILES string of the molecule is CCCCNC(=O)N1C(C)(C)CC(O)CC1(C)C. The number of hydrogen-bond acceptors (Lipinski definition) is 2. The fourth-order valence-electron chi connectivity index (χ4n) is 3.23. The highest BCUT2D eigenvalue weighted by Gasteiger charge is 2.47. The number of nitrogens with one attached hydrogen (secondary N) is 1. The summed E-state index contributed by atoms with van der Waals surface area (Å²) < 4.78 is 0. The first-order chi connectivity index (χ1) is 8.20. The van der Waals surface area contributed by atoms with Crippen molar-refractivity contribution in [3.05, 3.63) is 0 Å². The molecule has 4 nitrogen and oxygen atoms in total. The number of aliphatic hydroxyl groups excluding tert-OH is 1. The number of rotatable bonds is 3. The quantitative estimate of drug-likeness (QED) is 0.762. The number of piperidine rings is 1. The Morgan fingerprint density at radius 3 is 2.22 bits per heavy atom. The molecule has 0 unspecified atom stereocenters. The average molecular weight is 256 g/mol. The summed E-state index contributed by atoms with van der Waals surface area (Å²) in [6.07, 6.45) is 3.03. The first-order valence-electron chi connectivity index (χ1n) is 6.97. The van der Waals surface area contributed by atoms with Crippen molar-refractivity contribution in [1.82, 2.24) is 10.2 Å². The largest absolute Gasteiger partial charge is 0.393 e. The van der Waals surface area contributed by atoms with E-state index in [1.54, 1.807) is 0 Å². The molecule has 0 radical (unpaired) electrons. The number of unbranched alkanes of at least 4 members (excludes halogenated alkanes) is 1. The lowest BCUT2D eigenvalue weighted by Gasteiger charge is -2.54. The molecular formula is C14H28N2O2. The van der Waals surface area contributed by atoms with Crippen LogP contribution in [0.3, 0.4) is 0 Å². The van der Waals surface area contributed by atoms with Gasteiger partial charge in [-0.2, -0.15) is 0 Å². The summed E-state index contributed by atoms with van der Waals surface area (Å²) in [6.45, 7) is 10.9. The monoisotopic (exact) mass is 256 g/mol. The summed E-state index contributed by atoms with van der Waals surface area (Å²) >= 11 is 0. The summed E-state index contributed by atoms with van der Waals surface area (Å²) in [5, 5.41) is 12.9. The lowest BCUT2D eigenvalue weighted by molar-refractivity contribution is -0.0504. The van der Waals surface area contributed by atoms with Gasteiger partial charge >= 0.3 is 6.03 Å². The van der Waals surface area contributed by atoms with Crippen molar-refractivity contribution in [3.8, 4) is 0 Å². The first-order valence-corrected chi connectivity index (χ1v) is 6.97. The van der Waals surface area contributed by atoms with E-state index in [2.05, 4.69) is 12.2 Å². The van der Waals surface area contributed by atoms with Gasteiger partial charge in [0, 0.05) is 17.6 Å². The molecule has 0 saturated carbocycles. The molecule has 0 aromatic rings. The topological polar surface area (TPSA) is 52.6 Å². The molecular weight excluding hydrogens is 228 g/mol. The molecule has 0 aliphatic carbocycles. The zero-order chi connectivity index (χ0) is 14.0. The molecule has 0 aromatic carbocycles. The van der Waals surface area contributed by atoms with E-state index in [4.69, 9.17) is 0 Å². The molecule has 1 rings (SSSR count). The second-order valence-electron chi connectivity index (χ2n) is 6.61. The van der Waals surface area contributed by atoms with Crippen LogP contribution in [-0.2, 0) is 0 Å². The van der Waals surface area contributed by atoms with Gasteiger partial charge in [0.05, 0.1) is 6.10 Å². The second-order valence-corrected chi connectivity index (χ2v) is 6.61. The second kappa shape index (κ2) is 5.47. The van der Waals surface area contributed by atoms with Crippen molar-refractivity contribution >= 4 is 6.03 Å². The molecule has 4 heteroatoms. The summed E-state index contributed by atoms with van der Waals surface area (Å²) in [7, 11) is 0. The number of carbonyl (C=O) groups is 1. The molecule has 0 bridgehead atoms. The highest BCUT2D eigenvalue weighted by molar-refractivity contribution is 5.76.